The lowest BCUT2D eigenvalue weighted by Crippen LogP contribution is -2.32. The molecular formula is C13H12N2O4S. The zero-order valence-corrected chi connectivity index (χ0v) is 11.7. The maximum Gasteiger partial charge on any atom is 0.446 e. The molecule has 1 aromatic carbocycles. The van der Waals surface area contributed by atoms with Gasteiger partial charge in [-0.1, -0.05) is 35.1 Å². The van der Waals surface area contributed by atoms with Crippen LogP contribution in [0.15, 0.2) is 39.0 Å². The molecule has 0 amide bonds. The minimum atomic E-state index is -1.53. The SMILES string of the molecule is COc1ccccc1C1(O)SC=C(C)n2c1noc2=O. The summed E-state index contributed by atoms with van der Waals surface area (Å²) in [6.07, 6.45) is 0. The van der Waals surface area contributed by atoms with E-state index >= 15 is 0 Å². The number of fused-ring (bicyclic) bond motifs is 1. The quantitative estimate of drug-likeness (QED) is 0.906. The summed E-state index contributed by atoms with van der Waals surface area (Å²) >= 11 is 1.14. The van der Waals surface area contributed by atoms with Crippen molar-refractivity contribution in [2.24, 2.45) is 0 Å². The van der Waals surface area contributed by atoms with Gasteiger partial charge in [0.15, 0.2) is 0 Å². The third-order valence-electron chi connectivity index (χ3n) is 3.13. The van der Waals surface area contributed by atoms with Gasteiger partial charge in [-0.2, -0.15) is 0 Å². The second-order valence-corrected chi connectivity index (χ2v) is 5.39. The van der Waals surface area contributed by atoms with E-state index in [4.69, 9.17) is 4.74 Å². The predicted molar refractivity (Wildman–Crippen MR) is 74.3 cm³/mol. The molecule has 7 heteroatoms. The first kappa shape index (κ1) is 13.0. The first-order valence-corrected chi connectivity index (χ1v) is 6.76. The Balaban J connectivity index is 2.26. The smallest absolute Gasteiger partial charge is 0.446 e. The van der Waals surface area contributed by atoms with Crippen LogP contribution in [-0.4, -0.2) is 21.9 Å². The molecule has 1 aliphatic heterocycles. The van der Waals surface area contributed by atoms with Crippen molar-refractivity contribution in [2.45, 2.75) is 11.9 Å². The largest absolute Gasteiger partial charge is 0.496 e. The van der Waals surface area contributed by atoms with Gasteiger partial charge in [-0.15, -0.1) is 0 Å². The Labute approximate surface area is 118 Å². The Morgan fingerprint density at radius 1 is 1.45 bits per heavy atom. The van der Waals surface area contributed by atoms with Crippen LogP contribution in [0.5, 0.6) is 5.75 Å². The lowest BCUT2D eigenvalue weighted by Gasteiger charge is -2.29. The topological polar surface area (TPSA) is 77.5 Å². The normalized spacial score (nSPS) is 21.2. The van der Waals surface area contributed by atoms with Crippen LogP contribution in [0.4, 0.5) is 0 Å². The minimum Gasteiger partial charge on any atom is -0.496 e. The van der Waals surface area contributed by atoms with E-state index in [1.54, 1.807) is 36.6 Å². The molecule has 0 saturated heterocycles. The maximum atomic E-state index is 11.7. The van der Waals surface area contributed by atoms with Crippen LogP contribution in [0.2, 0.25) is 0 Å². The van der Waals surface area contributed by atoms with Gasteiger partial charge in [0, 0.05) is 11.3 Å². The number of allylic oxidation sites excluding steroid dienone is 1. The average Bonchev–Trinajstić information content (AvgIpc) is 2.87. The summed E-state index contributed by atoms with van der Waals surface area (Å²) in [7, 11) is 1.52. The number of para-hydroxylation sites is 1. The van der Waals surface area contributed by atoms with Gasteiger partial charge in [-0.25, -0.2) is 9.36 Å². The number of methoxy groups -OCH3 is 1. The third kappa shape index (κ3) is 1.70. The van der Waals surface area contributed by atoms with Gasteiger partial charge in [0.1, 0.15) is 5.75 Å². The van der Waals surface area contributed by atoms with Crippen molar-refractivity contribution in [2.75, 3.05) is 7.11 Å². The molecule has 6 nitrogen and oxygen atoms in total. The summed E-state index contributed by atoms with van der Waals surface area (Å²) in [4.78, 5) is 10.2. The third-order valence-corrected chi connectivity index (χ3v) is 4.34. The molecule has 20 heavy (non-hydrogen) atoms. The van der Waals surface area contributed by atoms with E-state index in [1.807, 2.05) is 0 Å². The van der Waals surface area contributed by atoms with E-state index in [1.165, 1.54) is 11.7 Å². The van der Waals surface area contributed by atoms with E-state index in [2.05, 4.69) is 9.68 Å². The zero-order chi connectivity index (χ0) is 14.3. The van der Waals surface area contributed by atoms with Crippen LogP contribution in [0.25, 0.3) is 5.70 Å². The number of aromatic nitrogens is 2. The number of nitrogens with zero attached hydrogens (tertiary/aromatic N) is 2. The number of aliphatic hydroxyl groups is 1. The van der Waals surface area contributed by atoms with Gasteiger partial charge in [0.25, 0.3) is 0 Å². The second-order valence-electron chi connectivity index (χ2n) is 4.33. The molecule has 2 heterocycles. The van der Waals surface area contributed by atoms with Gasteiger partial charge in [-0.3, -0.25) is 4.52 Å². The van der Waals surface area contributed by atoms with Crippen LogP contribution in [0.3, 0.4) is 0 Å². The molecule has 1 aromatic heterocycles. The molecule has 0 spiro atoms. The number of benzene rings is 1. The van der Waals surface area contributed by atoms with E-state index in [-0.39, 0.29) is 5.82 Å². The predicted octanol–water partition coefficient (Wildman–Crippen LogP) is 1.60. The molecule has 0 saturated carbocycles. The second kappa shape index (κ2) is 4.53. The van der Waals surface area contributed by atoms with Crippen molar-refractivity contribution in [1.29, 1.82) is 0 Å². The van der Waals surface area contributed by atoms with Crippen molar-refractivity contribution >= 4 is 17.5 Å². The van der Waals surface area contributed by atoms with Crippen molar-refractivity contribution in [1.82, 2.24) is 9.72 Å². The van der Waals surface area contributed by atoms with Crippen LogP contribution >= 0.6 is 11.8 Å². The van der Waals surface area contributed by atoms with Crippen LogP contribution in [-0.2, 0) is 4.93 Å². The zero-order valence-electron chi connectivity index (χ0n) is 10.9. The van der Waals surface area contributed by atoms with Crippen LogP contribution in [0.1, 0.15) is 18.3 Å². The Morgan fingerprint density at radius 3 is 2.95 bits per heavy atom. The number of thioether (sulfide) groups is 1. The van der Waals surface area contributed by atoms with Crippen LogP contribution < -0.4 is 10.5 Å². The highest BCUT2D eigenvalue weighted by Crippen LogP contribution is 2.46. The Hall–Kier alpha value is -1.99. The lowest BCUT2D eigenvalue weighted by molar-refractivity contribution is 0.160. The standard InChI is InChI=1S/C13H12N2O4S/c1-8-7-20-13(17,11-14-19-12(16)15(8)11)9-5-3-4-6-10(9)18-2/h3-7,17H,1-2H3. The molecule has 1 atom stereocenters. The highest BCUT2D eigenvalue weighted by Gasteiger charge is 2.43. The Morgan fingerprint density at radius 2 is 2.20 bits per heavy atom. The van der Waals surface area contributed by atoms with Crippen molar-refractivity contribution in [3.05, 3.63) is 51.6 Å². The number of rotatable bonds is 2. The summed E-state index contributed by atoms with van der Waals surface area (Å²) in [5.41, 5.74) is 1.16. The molecule has 0 aliphatic carbocycles. The number of ether oxygens (including phenoxy) is 1. The summed E-state index contributed by atoms with van der Waals surface area (Å²) in [6.45, 7) is 1.75. The van der Waals surface area contributed by atoms with Gasteiger partial charge in [-0.05, 0) is 18.4 Å². The van der Waals surface area contributed by atoms with Crippen molar-refractivity contribution in [3.8, 4) is 5.75 Å². The molecule has 3 rings (SSSR count). The fourth-order valence-electron chi connectivity index (χ4n) is 2.16. The van der Waals surface area contributed by atoms with E-state index in [0.717, 1.165) is 11.8 Å². The minimum absolute atomic E-state index is 0.136. The van der Waals surface area contributed by atoms with Gasteiger partial charge in [0.05, 0.1) is 7.11 Å². The van der Waals surface area contributed by atoms with E-state index in [0.29, 0.717) is 17.0 Å². The molecule has 2 aromatic rings. The number of hydrogen-bond donors (Lipinski definition) is 1. The summed E-state index contributed by atoms with van der Waals surface area (Å²) in [6, 6.07) is 7.05. The molecule has 0 bridgehead atoms. The lowest BCUT2D eigenvalue weighted by atomic mass is 10.1. The summed E-state index contributed by atoms with van der Waals surface area (Å²) in [5.74, 6) is 0.0248. The number of hydrogen-bond acceptors (Lipinski definition) is 6. The summed E-state index contributed by atoms with van der Waals surface area (Å²) in [5, 5.41) is 16.4. The molecule has 1 unspecified atom stereocenters. The Kier molecular flexibility index (Phi) is 2.95. The van der Waals surface area contributed by atoms with Crippen LogP contribution in [0, 0.1) is 0 Å². The van der Waals surface area contributed by atoms with Crippen molar-refractivity contribution in [3.63, 3.8) is 0 Å². The Bertz CT molecular complexity index is 749. The monoisotopic (exact) mass is 292 g/mol. The summed E-state index contributed by atoms with van der Waals surface area (Å²) < 4.78 is 11.2. The maximum absolute atomic E-state index is 11.7. The molecule has 1 aliphatic rings. The molecule has 0 radical (unpaired) electrons. The van der Waals surface area contributed by atoms with E-state index in [9.17, 15) is 9.90 Å². The fraction of sp³-hybridized carbons (Fsp3) is 0.231. The van der Waals surface area contributed by atoms with Gasteiger partial charge in [0.2, 0.25) is 10.8 Å². The van der Waals surface area contributed by atoms with Gasteiger partial charge >= 0.3 is 5.76 Å². The first-order valence-electron chi connectivity index (χ1n) is 5.88. The molecule has 0 fully saturated rings. The van der Waals surface area contributed by atoms with E-state index < -0.39 is 10.7 Å². The van der Waals surface area contributed by atoms with Gasteiger partial charge < -0.3 is 9.84 Å². The molecular weight excluding hydrogens is 280 g/mol. The molecule has 104 valence electrons. The fourth-order valence-corrected chi connectivity index (χ4v) is 3.14. The van der Waals surface area contributed by atoms with Crippen molar-refractivity contribution < 1.29 is 14.4 Å². The first-order chi connectivity index (χ1) is 9.58. The molecule has 1 N–H and O–H groups in total. The highest BCUT2D eigenvalue weighted by molar-refractivity contribution is 8.03. The average molecular weight is 292 g/mol. The highest BCUT2D eigenvalue weighted by atomic mass is 32.2.